The predicted molar refractivity (Wildman–Crippen MR) is 97.8 cm³/mol. The van der Waals surface area contributed by atoms with Crippen LogP contribution < -0.4 is 5.32 Å². The number of amides is 1. The monoisotopic (exact) mass is 349 g/mol. The number of hydrogen-bond donors (Lipinski definition) is 1. The average molecular weight is 349 g/mol. The number of hydrogen-bond acceptors (Lipinski definition) is 5. The van der Waals surface area contributed by atoms with E-state index in [1.807, 2.05) is 31.2 Å². The van der Waals surface area contributed by atoms with Crippen LogP contribution in [0.4, 0.5) is 5.69 Å². The molecular formula is C19H15N3O2S. The molecule has 1 amide bonds. The van der Waals surface area contributed by atoms with Crippen molar-refractivity contribution in [3.63, 3.8) is 0 Å². The first kappa shape index (κ1) is 16.9. The Hall–Kier alpha value is -2.99. The summed E-state index contributed by atoms with van der Waals surface area (Å²) in [7, 11) is 0. The average Bonchev–Trinajstić information content (AvgIpc) is 2.63. The second-order valence-corrected chi connectivity index (χ2v) is 6.27. The van der Waals surface area contributed by atoms with Gasteiger partial charge in [-0.3, -0.25) is 14.6 Å². The lowest BCUT2D eigenvalue weighted by atomic mass is 10.2. The highest BCUT2D eigenvalue weighted by atomic mass is 32.2. The van der Waals surface area contributed by atoms with E-state index < -0.39 is 0 Å². The van der Waals surface area contributed by atoms with Crippen molar-refractivity contribution in [1.29, 1.82) is 0 Å². The third-order valence-corrected chi connectivity index (χ3v) is 4.34. The van der Waals surface area contributed by atoms with Crippen LogP contribution in [0.5, 0.6) is 0 Å². The Kier molecular flexibility index (Phi) is 5.20. The van der Waals surface area contributed by atoms with E-state index in [4.69, 9.17) is 0 Å². The highest BCUT2D eigenvalue weighted by molar-refractivity contribution is 8.14. The van der Waals surface area contributed by atoms with Crippen molar-refractivity contribution in [2.24, 2.45) is 0 Å². The molecule has 0 aliphatic heterocycles. The molecule has 0 aliphatic rings. The van der Waals surface area contributed by atoms with Crippen LogP contribution in [0.2, 0.25) is 0 Å². The highest BCUT2D eigenvalue weighted by Crippen LogP contribution is 2.25. The van der Waals surface area contributed by atoms with Gasteiger partial charge in [0.05, 0.1) is 5.56 Å². The number of nitrogens with one attached hydrogen (secondary N) is 1. The fourth-order valence-electron chi connectivity index (χ4n) is 2.20. The van der Waals surface area contributed by atoms with Crippen LogP contribution in [0.3, 0.4) is 0 Å². The predicted octanol–water partition coefficient (Wildman–Crippen LogP) is 3.97. The lowest BCUT2D eigenvalue weighted by Crippen LogP contribution is -2.14. The van der Waals surface area contributed by atoms with Gasteiger partial charge in [0.2, 0.25) is 5.12 Å². The molecular weight excluding hydrogens is 334 g/mol. The van der Waals surface area contributed by atoms with Crippen molar-refractivity contribution in [1.82, 2.24) is 9.97 Å². The molecule has 1 aromatic carbocycles. The molecule has 0 saturated heterocycles. The van der Waals surface area contributed by atoms with Crippen LogP contribution in [-0.4, -0.2) is 21.0 Å². The zero-order valence-electron chi connectivity index (χ0n) is 13.5. The molecule has 2 aromatic heterocycles. The maximum absolute atomic E-state index is 12.6. The Balaban J connectivity index is 1.81. The van der Waals surface area contributed by atoms with Crippen LogP contribution >= 0.6 is 11.8 Å². The first-order chi connectivity index (χ1) is 12.1. The van der Waals surface area contributed by atoms with Gasteiger partial charge >= 0.3 is 0 Å². The molecule has 0 radical (unpaired) electrons. The van der Waals surface area contributed by atoms with Crippen LogP contribution in [0.1, 0.15) is 26.3 Å². The van der Waals surface area contributed by atoms with Crippen molar-refractivity contribution in [3.05, 3.63) is 83.8 Å². The van der Waals surface area contributed by atoms with E-state index in [9.17, 15) is 9.59 Å². The number of anilines is 1. The summed E-state index contributed by atoms with van der Waals surface area (Å²) in [5, 5.41) is 3.02. The smallest absolute Gasteiger partial charge is 0.258 e. The molecule has 0 bridgehead atoms. The minimum atomic E-state index is -0.302. The van der Waals surface area contributed by atoms with E-state index in [1.165, 1.54) is 0 Å². The summed E-state index contributed by atoms with van der Waals surface area (Å²) in [6, 6.07) is 14.1. The zero-order valence-corrected chi connectivity index (χ0v) is 14.3. The van der Waals surface area contributed by atoms with Crippen LogP contribution in [-0.2, 0) is 0 Å². The Labute approximate surface area is 149 Å². The maximum Gasteiger partial charge on any atom is 0.258 e. The highest BCUT2D eigenvalue weighted by Gasteiger charge is 2.17. The number of aryl methyl sites for hydroxylation is 1. The topological polar surface area (TPSA) is 72.0 Å². The Morgan fingerprint density at radius 2 is 1.80 bits per heavy atom. The summed E-state index contributed by atoms with van der Waals surface area (Å²) >= 11 is 0.927. The van der Waals surface area contributed by atoms with E-state index in [1.54, 1.807) is 42.9 Å². The SMILES string of the molecule is Cc1cccc(NC(=O)c2cccnc2SC(=O)c2ccncc2)c1. The van der Waals surface area contributed by atoms with Crippen molar-refractivity contribution in [2.75, 3.05) is 5.32 Å². The molecule has 0 fully saturated rings. The molecule has 25 heavy (non-hydrogen) atoms. The largest absolute Gasteiger partial charge is 0.322 e. The number of thioether (sulfide) groups is 1. The molecule has 124 valence electrons. The first-order valence-corrected chi connectivity index (χ1v) is 8.40. The zero-order chi connectivity index (χ0) is 17.6. The lowest BCUT2D eigenvalue weighted by molar-refractivity contribution is 0.102. The van der Waals surface area contributed by atoms with E-state index in [-0.39, 0.29) is 11.0 Å². The number of nitrogens with zero attached hydrogens (tertiary/aromatic N) is 2. The second-order valence-electron chi connectivity index (χ2n) is 5.31. The summed E-state index contributed by atoms with van der Waals surface area (Å²) in [6.07, 6.45) is 4.67. The van der Waals surface area contributed by atoms with E-state index in [2.05, 4.69) is 15.3 Å². The van der Waals surface area contributed by atoms with Gasteiger partial charge in [0.1, 0.15) is 5.03 Å². The minimum Gasteiger partial charge on any atom is -0.322 e. The number of rotatable bonds is 4. The number of aromatic nitrogens is 2. The third kappa shape index (κ3) is 4.30. The molecule has 0 spiro atoms. The van der Waals surface area contributed by atoms with E-state index in [0.29, 0.717) is 21.8 Å². The fourth-order valence-corrected chi connectivity index (χ4v) is 3.01. The molecule has 0 saturated carbocycles. The van der Waals surface area contributed by atoms with Crippen molar-refractivity contribution >= 4 is 28.5 Å². The van der Waals surface area contributed by atoms with Gasteiger partial charge < -0.3 is 5.32 Å². The van der Waals surface area contributed by atoms with Crippen molar-refractivity contribution in [3.8, 4) is 0 Å². The Morgan fingerprint density at radius 1 is 1.00 bits per heavy atom. The van der Waals surface area contributed by atoms with Gasteiger partial charge in [-0.1, -0.05) is 12.1 Å². The molecule has 0 unspecified atom stereocenters. The van der Waals surface area contributed by atoms with E-state index in [0.717, 1.165) is 17.3 Å². The lowest BCUT2D eigenvalue weighted by Gasteiger charge is -2.09. The standard InChI is InChI=1S/C19H15N3O2S/c1-13-4-2-5-15(12-13)22-17(23)16-6-3-9-21-18(16)25-19(24)14-7-10-20-11-8-14/h2-12H,1H3,(H,22,23). The Bertz CT molecular complexity index is 913. The molecule has 2 heterocycles. The molecule has 3 rings (SSSR count). The summed E-state index contributed by atoms with van der Waals surface area (Å²) in [4.78, 5) is 33.0. The van der Waals surface area contributed by atoms with Gasteiger partial charge in [-0.15, -0.1) is 0 Å². The van der Waals surface area contributed by atoms with Gasteiger partial charge in [-0.05, 0) is 60.6 Å². The van der Waals surface area contributed by atoms with Gasteiger partial charge in [0.15, 0.2) is 0 Å². The number of benzene rings is 1. The molecule has 0 atom stereocenters. The quantitative estimate of drug-likeness (QED) is 0.722. The number of carbonyl (C=O) groups excluding carboxylic acids is 2. The second kappa shape index (κ2) is 7.72. The number of carbonyl (C=O) groups is 2. The molecule has 3 aromatic rings. The first-order valence-electron chi connectivity index (χ1n) is 7.59. The van der Waals surface area contributed by atoms with Crippen LogP contribution in [0.25, 0.3) is 0 Å². The third-order valence-electron chi connectivity index (χ3n) is 3.40. The molecule has 5 nitrogen and oxygen atoms in total. The van der Waals surface area contributed by atoms with Crippen molar-refractivity contribution in [2.45, 2.75) is 11.9 Å². The summed E-state index contributed by atoms with van der Waals surface area (Å²) in [6.45, 7) is 1.95. The Morgan fingerprint density at radius 3 is 2.56 bits per heavy atom. The van der Waals surface area contributed by atoms with Gasteiger partial charge in [0.25, 0.3) is 5.91 Å². The summed E-state index contributed by atoms with van der Waals surface area (Å²) in [5.41, 5.74) is 2.61. The van der Waals surface area contributed by atoms with E-state index >= 15 is 0 Å². The van der Waals surface area contributed by atoms with Gasteiger partial charge in [0, 0.05) is 29.8 Å². The van der Waals surface area contributed by atoms with Gasteiger partial charge in [-0.25, -0.2) is 4.98 Å². The van der Waals surface area contributed by atoms with Crippen LogP contribution in [0, 0.1) is 6.92 Å². The molecule has 0 aliphatic carbocycles. The fraction of sp³-hybridized carbons (Fsp3) is 0.0526. The van der Waals surface area contributed by atoms with Gasteiger partial charge in [-0.2, -0.15) is 0 Å². The molecule has 6 heteroatoms. The van der Waals surface area contributed by atoms with Crippen LogP contribution in [0.15, 0.2) is 72.1 Å². The molecule has 1 N–H and O–H groups in total. The van der Waals surface area contributed by atoms with Crippen molar-refractivity contribution < 1.29 is 9.59 Å². The minimum absolute atomic E-state index is 0.189. The summed E-state index contributed by atoms with van der Waals surface area (Å²) in [5.74, 6) is -0.302. The summed E-state index contributed by atoms with van der Waals surface area (Å²) < 4.78 is 0. The normalized spacial score (nSPS) is 10.3. The maximum atomic E-state index is 12.6. The number of pyridine rings is 2.